The van der Waals surface area contributed by atoms with Crippen LogP contribution in [0.4, 0.5) is 5.69 Å². The summed E-state index contributed by atoms with van der Waals surface area (Å²) >= 11 is 1.83. The van der Waals surface area contributed by atoms with E-state index < -0.39 is 5.97 Å². The number of ether oxygens (including phenoxy) is 2. The minimum absolute atomic E-state index is 0.0631. The molecule has 1 fully saturated rings. The second-order valence-electron chi connectivity index (χ2n) is 8.32. The lowest BCUT2D eigenvalue weighted by Crippen LogP contribution is -2.32. The smallest absolute Gasteiger partial charge is 0.339 e. The van der Waals surface area contributed by atoms with Gasteiger partial charge in [0.25, 0.3) is 0 Å². The molecule has 2 heterocycles. The van der Waals surface area contributed by atoms with Crippen molar-refractivity contribution in [2.75, 3.05) is 25.7 Å². The van der Waals surface area contributed by atoms with Crippen molar-refractivity contribution >= 4 is 41.5 Å². The summed E-state index contributed by atoms with van der Waals surface area (Å²) in [6, 6.07) is 15.1. The molecule has 10 heteroatoms. The number of nitrogens with zero attached hydrogens (tertiary/aromatic N) is 4. The number of methoxy groups -OCH3 is 2. The van der Waals surface area contributed by atoms with Crippen LogP contribution >= 0.6 is 11.8 Å². The molecular formula is C25H28N4O5S. The van der Waals surface area contributed by atoms with Gasteiger partial charge in [0.05, 0.1) is 27.0 Å². The van der Waals surface area contributed by atoms with E-state index in [4.69, 9.17) is 14.3 Å². The Balaban J connectivity index is 1.34. The Labute approximate surface area is 208 Å². The summed E-state index contributed by atoms with van der Waals surface area (Å²) in [5.74, 6) is -0.251. The summed E-state index contributed by atoms with van der Waals surface area (Å²) in [6.45, 7) is 3.12. The fourth-order valence-electron chi connectivity index (χ4n) is 3.96. The molecule has 0 aliphatic carbocycles. The normalized spacial score (nSPS) is 21.5. The van der Waals surface area contributed by atoms with Gasteiger partial charge in [0.1, 0.15) is 24.3 Å². The first-order chi connectivity index (χ1) is 16.9. The number of oxime groups is 1. The van der Waals surface area contributed by atoms with Crippen LogP contribution in [0.2, 0.25) is 0 Å². The Morgan fingerprint density at radius 2 is 2.03 bits per heavy atom. The van der Waals surface area contributed by atoms with Gasteiger partial charge in [-0.15, -0.1) is 11.8 Å². The highest BCUT2D eigenvalue weighted by atomic mass is 32.2. The molecule has 2 atom stereocenters. The zero-order chi connectivity index (χ0) is 24.8. The number of carboxylic acids is 1. The molecule has 2 aromatic rings. The standard InChI is InChI=1S/C25H28N4O5S/c1-25(16-29-24(35-25)28(17-26-29)19-8-10-20(33-3)11-9-19)12-13-27-34-14-18-6-4-5-7-21(18)22(15-32-2)23(30)31/h4-11,13,15,17,24H,12,14,16H2,1-3H3,(H,30,31). The summed E-state index contributed by atoms with van der Waals surface area (Å²) < 4.78 is 10.1. The Morgan fingerprint density at radius 3 is 2.74 bits per heavy atom. The van der Waals surface area contributed by atoms with Gasteiger partial charge in [-0.2, -0.15) is 5.10 Å². The maximum atomic E-state index is 11.6. The molecular weight excluding hydrogens is 468 g/mol. The molecule has 1 N–H and O–H groups in total. The first-order valence-corrected chi connectivity index (χ1v) is 11.9. The lowest BCUT2D eigenvalue weighted by Gasteiger charge is -2.25. The molecule has 0 aromatic heterocycles. The molecule has 184 valence electrons. The SMILES string of the molecule is COC=C(C(=O)O)c1ccccc1CON=CCC1(C)CN2N=CN(c3ccc(OC)cc3)C2S1. The van der Waals surface area contributed by atoms with Gasteiger partial charge in [-0.1, -0.05) is 29.4 Å². The first-order valence-electron chi connectivity index (χ1n) is 11.0. The minimum Gasteiger partial charge on any atom is -0.503 e. The Hall–Kier alpha value is -3.66. The van der Waals surface area contributed by atoms with Gasteiger partial charge >= 0.3 is 5.97 Å². The van der Waals surface area contributed by atoms with Crippen LogP contribution in [0.15, 0.2) is 65.1 Å². The Morgan fingerprint density at radius 1 is 1.26 bits per heavy atom. The molecule has 4 rings (SSSR count). The van der Waals surface area contributed by atoms with Crippen LogP contribution in [0.25, 0.3) is 5.57 Å². The maximum Gasteiger partial charge on any atom is 0.339 e. The van der Waals surface area contributed by atoms with Gasteiger partial charge in [-0.3, -0.25) is 9.91 Å². The molecule has 2 aromatic carbocycles. The van der Waals surface area contributed by atoms with Crippen LogP contribution in [-0.2, 0) is 21.0 Å². The Bertz CT molecular complexity index is 1140. The molecule has 2 aliphatic rings. The van der Waals surface area contributed by atoms with E-state index in [0.717, 1.165) is 18.0 Å². The van der Waals surface area contributed by atoms with Crippen LogP contribution < -0.4 is 9.64 Å². The fourth-order valence-corrected chi connectivity index (χ4v) is 5.38. The third-order valence-corrected chi connectivity index (χ3v) is 7.29. The molecule has 0 bridgehead atoms. The zero-order valence-corrected chi connectivity index (χ0v) is 20.6. The van der Waals surface area contributed by atoms with Gasteiger partial charge < -0.3 is 19.4 Å². The number of anilines is 1. The lowest BCUT2D eigenvalue weighted by atomic mass is 10.0. The van der Waals surface area contributed by atoms with E-state index in [1.54, 1.807) is 25.5 Å². The number of hydrogen-bond acceptors (Lipinski definition) is 9. The van der Waals surface area contributed by atoms with Gasteiger partial charge in [-0.25, -0.2) is 4.79 Å². The average molecular weight is 497 g/mol. The van der Waals surface area contributed by atoms with Crippen LogP contribution in [0.3, 0.4) is 0 Å². The predicted octanol–water partition coefficient (Wildman–Crippen LogP) is 4.21. The largest absolute Gasteiger partial charge is 0.503 e. The van der Waals surface area contributed by atoms with Crippen LogP contribution in [-0.4, -0.2) is 59.6 Å². The molecule has 0 amide bonds. The molecule has 2 unspecified atom stereocenters. The van der Waals surface area contributed by atoms with Crippen LogP contribution in [0.5, 0.6) is 5.75 Å². The zero-order valence-electron chi connectivity index (χ0n) is 19.8. The summed E-state index contributed by atoms with van der Waals surface area (Å²) in [4.78, 5) is 19.2. The molecule has 1 saturated heterocycles. The van der Waals surface area contributed by atoms with Crippen molar-refractivity contribution in [3.05, 3.63) is 65.9 Å². The number of rotatable bonds is 10. The Kier molecular flexibility index (Phi) is 7.50. The summed E-state index contributed by atoms with van der Waals surface area (Å²) in [5, 5.41) is 20.3. The van der Waals surface area contributed by atoms with E-state index in [2.05, 4.69) is 27.1 Å². The van der Waals surface area contributed by atoms with E-state index in [1.807, 2.05) is 54.5 Å². The molecule has 2 aliphatic heterocycles. The summed E-state index contributed by atoms with van der Waals surface area (Å²) in [5.41, 5.74) is 2.44. The molecule has 35 heavy (non-hydrogen) atoms. The first kappa shape index (κ1) is 24.5. The van der Waals surface area contributed by atoms with Crippen LogP contribution in [0.1, 0.15) is 24.5 Å². The summed E-state index contributed by atoms with van der Waals surface area (Å²) in [6.07, 6.45) is 5.54. The second-order valence-corrected chi connectivity index (χ2v) is 9.97. The minimum atomic E-state index is -1.07. The number of benzene rings is 2. The van der Waals surface area contributed by atoms with Crippen molar-refractivity contribution in [3.63, 3.8) is 0 Å². The quantitative estimate of drug-likeness (QED) is 0.226. The van der Waals surface area contributed by atoms with Gasteiger partial charge in [0.15, 0.2) is 5.50 Å². The van der Waals surface area contributed by atoms with Crippen molar-refractivity contribution in [1.82, 2.24) is 5.01 Å². The van der Waals surface area contributed by atoms with E-state index in [1.165, 1.54) is 13.4 Å². The van der Waals surface area contributed by atoms with Gasteiger partial charge in [0, 0.05) is 28.6 Å². The number of hydrazone groups is 1. The predicted molar refractivity (Wildman–Crippen MR) is 137 cm³/mol. The number of thioether (sulfide) groups is 1. The van der Waals surface area contributed by atoms with Crippen LogP contribution in [0, 0.1) is 0 Å². The maximum absolute atomic E-state index is 11.6. The fraction of sp³-hybridized carbons (Fsp3) is 0.320. The highest BCUT2D eigenvalue weighted by Gasteiger charge is 2.45. The van der Waals surface area contributed by atoms with Gasteiger partial charge in [0.2, 0.25) is 0 Å². The summed E-state index contributed by atoms with van der Waals surface area (Å²) in [7, 11) is 3.07. The molecule has 0 radical (unpaired) electrons. The molecule has 0 spiro atoms. The van der Waals surface area contributed by atoms with Crippen molar-refractivity contribution < 1.29 is 24.2 Å². The van der Waals surface area contributed by atoms with E-state index >= 15 is 0 Å². The number of carbonyl (C=O) groups is 1. The molecule has 0 saturated carbocycles. The van der Waals surface area contributed by atoms with Crippen molar-refractivity contribution in [2.24, 2.45) is 10.3 Å². The third-order valence-electron chi connectivity index (χ3n) is 5.74. The van der Waals surface area contributed by atoms with Crippen molar-refractivity contribution in [1.29, 1.82) is 0 Å². The number of carboxylic acid groups (broad SMARTS) is 1. The number of hydrogen-bond donors (Lipinski definition) is 1. The van der Waals surface area contributed by atoms with E-state index in [0.29, 0.717) is 17.5 Å². The van der Waals surface area contributed by atoms with Crippen molar-refractivity contribution in [3.8, 4) is 5.75 Å². The van der Waals surface area contributed by atoms with E-state index in [9.17, 15) is 9.90 Å². The second kappa shape index (κ2) is 10.7. The lowest BCUT2D eigenvalue weighted by molar-refractivity contribution is -0.130. The van der Waals surface area contributed by atoms with E-state index in [-0.39, 0.29) is 22.4 Å². The van der Waals surface area contributed by atoms with Gasteiger partial charge in [-0.05, 0) is 36.8 Å². The third kappa shape index (κ3) is 5.54. The van der Waals surface area contributed by atoms with Crippen molar-refractivity contribution in [2.45, 2.75) is 30.2 Å². The number of aliphatic carboxylic acids is 1. The number of fused-ring (bicyclic) bond motifs is 1. The topological polar surface area (TPSA) is 96.2 Å². The monoisotopic (exact) mass is 496 g/mol. The highest BCUT2D eigenvalue weighted by Crippen LogP contribution is 2.45. The highest BCUT2D eigenvalue weighted by molar-refractivity contribution is 8.01. The average Bonchev–Trinajstić information content (AvgIpc) is 3.39. The molecule has 9 nitrogen and oxygen atoms in total.